The van der Waals surface area contributed by atoms with E-state index in [4.69, 9.17) is 0 Å². The molecule has 0 N–H and O–H groups in total. The molecule has 0 aliphatic heterocycles. The highest BCUT2D eigenvalue weighted by atomic mass is 32.2. The molecule has 2 aromatic rings. The minimum absolute atomic E-state index is 0.0103. The SMILES string of the molecule is CCCS(=O)(=O)c1cc(C)nc(-n2ccc(F)n2)n1. The van der Waals surface area contributed by atoms with Gasteiger partial charge in [-0.15, -0.1) is 5.10 Å². The molecule has 0 amide bonds. The first-order chi connectivity index (χ1) is 8.92. The fraction of sp³-hybridized carbons (Fsp3) is 0.364. The van der Waals surface area contributed by atoms with Crippen molar-refractivity contribution in [1.82, 2.24) is 19.7 Å². The van der Waals surface area contributed by atoms with Crippen molar-refractivity contribution < 1.29 is 12.8 Å². The van der Waals surface area contributed by atoms with E-state index < -0.39 is 15.8 Å². The standard InChI is InChI=1S/C11H13FN4O2S/c1-3-6-19(17,18)10-7-8(2)13-11(14-10)16-5-4-9(12)15-16/h4-5,7H,3,6H2,1-2H3. The van der Waals surface area contributed by atoms with Gasteiger partial charge in [-0.1, -0.05) is 6.92 Å². The van der Waals surface area contributed by atoms with Gasteiger partial charge in [0.2, 0.25) is 5.95 Å². The molecule has 6 nitrogen and oxygen atoms in total. The highest BCUT2D eigenvalue weighted by Gasteiger charge is 2.17. The van der Waals surface area contributed by atoms with Crippen molar-refractivity contribution in [2.24, 2.45) is 0 Å². The molecule has 0 radical (unpaired) electrons. The Bertz CT molecular complexity index is 696. The van der Waals surface area contributed by atoms with Crippen molar-refractivity contribution in [1.29, 1.82) is 0 Å². The van der Waals surface area contributed by atoms with Gasteiger partial charge < -0.3 is 0 Å². The van der Waals surface area contributed by atoms with Crippen LogP contribution >= 0.6 is 0 Å². The fourth-order valence-electron chi connectivity index (χ4n) is 1.57. The van der Waals surface area contributed by atoms with Gasteiger partial charge in [0.05, 0.1) is 5.75 Å². The Morgan fingerprint density at radius 2 is 2.11 bits per heavy atom. The van der Waals surface area contributed by atoms with Crippen LogP contribution in [0.5, 0.6) is 0 Å². The average molecular weight is 284 g/mol. The maximum Gasteiger partial charge on any atom is 0.252 e. The Kier molecular flexibility index (Phi) is 3.61. The predicted molar refractivity (Wildman–Crippen MR) is 66.2 cm³/mol. The van der Waals surface area contributed by atoms with E-state index in [2.05, 4.69) is 15.1 Å². The largest absolute Gasteiger partial charge is 0.252 e. The molecular formula is C11H13FN4O2S. The Morgan fingerprint density at radius 1 is 1.37 bits per heavy atom. The van der Waals surface area contributed by atoms with Gasteiger partial charge in [0.1, 0.15) is 0 Å². The molecule has 0 atom stereocenters. The molecule has 0 aliphatic rings. The summed E-state index contributed by atoms with van der Waals surface area (Å²) >= 11 is 0. The minimum atomic E-state index is -3.44. The molecule has 0 aliphatic carbocycles. The monoisotopic (exact) mass is 284 g/mol. The van der Waals surface area contributed by atoms with E-state index in [1.165, 1.54) is 12.3 Å². The van der Waals surface area contributed by atoms with Crippen molar-refractivity contribution in [2.45, 2.75) is 25.3 Å². The van der Waals surface area contributed by atoms with E-state index in [-0.39, 0.29) is 16.7 Å². The number of aryl methyl sites for hydroxylation is 1. The number of nitrogens with zero attached hydrogens (tertiary/aromatic N) is 4. The lowest BCUT2D eigenvalue weighted by Crippen LogP contribution is -2.12. The second-order valence-electron chi connectivity index (χ2n) is 4.05. The smallest absolute Gasteiger partial charge is 0.222 e. The Balaban J connectivity index is 2.52. The summed E-state index contributed by atoms with van der Waals surface area (Å²) in [6.07, 6.45) is 1.83. The van der Waals surface area contributed by atoms with Crippen LogP contribution in [0.2, 0.25) is 0 Å². The fourth-order valence-corrected chi connectivity index (χ4v) is 2.89. The van der Waals surface area contributed by atoms with Gasteiger partial charge in [-0.3, -0.25) is 0 Å². The Hall–Kier alpha value is -1.83. The first kappa shape index (κ1) is 13.6. The number of rotatable bonds is 4. The van der Waals surface area contributed by atoms with E-state index in [9.17, 15) is 12.8 Å². The molecule has 2 aromatic heterocycles. The number of hydrogen-bond donors (Lipinski definition) is 0. The summed E-state index contributed by atoms with van der Waals surface area (Å²) < 4.78 is 37.9. The molecule has 0 saturated heterocycles. The summed E-state index contributed by atoms with van der Waals surface area (Å²) in [6, 6.07) is 2.54. The molecular weight excluding hydrogens is 271 g/mol. The summed E-state index contributed by atoms with van der Waals surface area (Å²) in [5, 5.41) is 3.46. The van der Waals surface area contributed by atoms with Crippen LogP contribution < -0.4 is 0 Å². The van der Waals surface area contributed by atoms with Gasteiger partial charge in [-0.05, 0) is 19.4 Å². The molecule has 0 saturated carbocycles. The van der Waals surface area contributed by atoms with Crippen LogP contribution in [-0.2, 0) is 9.84 Å². The summed E-state index contributed by atoms with van der Waals surface area (Å²) in [5.41, 5.74) is 0.482. The number of sulfone groups is 1. The summed E-state index contributed by atoms with van der Waals surface area (Å²) in [4.78, 5) is 7.99. The Labute approximate surface area is 110 Å². The third-order valence-corrected chi connectivity index (χ3v) is 4.16. The maximum atomic E-state index is 12.9. The third-order valence-electron chi connectivity index (χ3n) is 2.37. The number of aromatic nitrogens is 4. The highest BCUT2D eigenvalue weighted by molar-refractivity contribution is 7.91. The summed E-state index contributed by atoms with van der Waals surface area (Å²) in [7, 11) is -3.44. The van der Waals surface area contributed by atoms with Gasteiger partial charge in [0.15, 0.2) is 14.9 Å². The minimum Gasteiger partial charge on any atom is -0.222 e. The van der Waals surface area contributed by atoms with Crippen LogP contribution in [-0.4, -0.2) is 33.9 Å². The topological polar surface area (TPSA) is 77.7 Å². The Morgan fingerprint density at radius 3 is 2.68 bits per heavy atom. The maximum absolute atomic E-state index is 12.9. The van der Waals surface area contributed by atoms with Crippen molar-refractivity contribution >= 4 is 9.84 Å². The zero-order chi connectivity index (χ0) is 14.0. The summed E-state index contributed by atoms with van der Waals surface area (Å²) in [6.45, 7) is 3.42. The van der Waals surface area contributed by atoms with Crippen LogP contribution in [0.15, 0.2) is 23.4 Å². The molecule has 2 heterocycles. The lowest BCUT2D eigenvalue weighted by Gasteiger charge is -2.06. The van der Waals surface area contributed by atoms with Crippen molar-refractivity contribution in [2.75, 3.05) is 5.75 Å². The van der Waals surface area contributed by atoms with Crippen LogP contribution in [0, 0.1) is 12.9 Å². The second-order valence-corrected chi connectivity index (χ2v) is 6.11. The molecule has 0 aromatic carbocycles. The van der Waals surface area contributed by atoms with Gasteiger partial charge in [0, 0.05) is 18.0 Å². The predicted octanol–water partition coefficient (Wildman–Crippen LogP) is 1.29. The van der Waals surface area contributed by atoms with Gasteiger partial charge >= 0.3 is 0 Å². The van der Waals surface area contributed by atoms with Crippen LogP contribution in [0.25, 0.3) is 5.95 Å². The molecule has 19 heavy (non-hydrogen) atoms. The first-order valence-electron chi connectivity index (χ1n) is 5.72. The van der Waals surface area contributed by atoms with Crippen molar-refractivity contribution in [3.8, 4) is 5.95 Å². The van der Waals surface area contributed by atoms with E-state index in [0.717, 1.165) is 10.7 Å². The molecule has 102 valence electrons. The van der Waals surface area contributed by atoms with Crippen LogP contribution in [0.4, 0.5) is 4.39 Å². The number of halogens is 1. The third kappa shape index (κ3) is 2.95. The lowest BCUT2D eigenvalue weighted by atomic mass is 10.5. The highest BCUT2D eigenvalue weighted by Crippen LogP contribution is 2.13. The van der Waals surface area contributed by atoms with Gasteiger partial charge in [0.25, 0.3) is 5.95 Å². The van der Waals surface area contributed by atoms with Gasteiger partial charge in [-0.2, -0.15) is 9.37 Å². The second kappa shape index (κ2) is 5.04. The molecule has 0 unspecified atom stereocenters. The van der Waals surface area contributed by atoms with Crippen LogP contribution in [0.1, 0.15) is 19.0 Å². The van der Waals surface area contributed by atoms with E-state index >= 15 is 0 Å². The normalized spacial score (nSPS) is 11.7. The van der Waals surface area contributed by atoms with Gasteiger partial charge in [-0.25, -0.2) is 18.1 Å². The van der Waals surface area contributed by atoms with E-state index in [1.807, 2.05) is 0 Å². The van der Waals surface area contributed by atoms with Crippen molar-refractivity contribution in [3.63, 3.8) is 0 Å². The molecule has 8 heteroatoms. The zero-order valence-electron chi connectivity index (χ0n) is 10.5. The molecule has 2 rings (SSSR count). The average Bonchev–Trinajstić information content (AvgIpc) is 2.75. The number of hydrogen-bond acceptors (Lipinski definition) is 5. The van der Waals surface area contributed by atoms with Crippen LogP contribution in [0.3, 0.4) is 0 Å². The molecule has 0 bridgehead atoms. The lowest BCUT2D eigenvalue weighted by molar-refractivity contribution is 0.560. The molecule has 0 fully saturated rings. The zero-order valence-corrected chi connectivity index (χ0v) is 11.4. The molecule has 0 spiro atoms. The van der Waals surface area contributed by atoms with Crippen molar-refractivity contribution in [3.05, 3.63) is 30.0 Å². The quantitative estimate of drug-likeness (QED) is 0.791. The van der Waals surface area contributed by atoms with E-state index in [0.29, 0.717) is 12.1 Å². The summed E-state index contributed by atoms with van der Waals surface area (Å²) in [5.74, 6) is -0.627. The first-order valence-corrected chi connectivity index (χ1v) is 7.37. The van der Waals surface area contributed by atoms with E-state index in [1.54, 1.807) is 13.8 Å².